The van der Waals surface area contributed by atoms with Crippen molar-refractivity contribution in [1.29, 1.82) is 0 Å². The highest BCUT2D eigenvalue weighted by molar-refractivity contribution is 5.82. The van der Waals surface area contributed by atoms with Gasteiger partial charge in [0.1, 0.15) is 23.4 Å². The molecule has 0 radical (unpaired) electrons. The van der Waals surface area contributed by atoms with Gasteiger partial charge in [0.25, 0.3) is 0 Å². The molecule has 8 nitrogen and oxygen atoms in total. The zero-order valence-corrected chi connectivity index (χ0v) is 17.5. The molecule has 0 aliphatic carbocycles. The minimum atomic E-state index is -0.765. The van der Waals surface area contributed by atoms with Gasteiger partial charge in [-0.05, 0) is 39.3 Å². The number of fused-ring (bicyclic) bond motifs is 1. The first-order valence-electron chi connectivity index (χ1n) is 9.71. The number of aryl methyl sites for hydroxylation is 1. The van der Waals surface area contributed by atoms with E-state index >= 15 is 0 Å². The number of methoxy groups -OCH3 is 1. The van der Waals surface area contributed by atoms with Crippen molar-refractivity contribution in [3.8, 4) is 5.88 Å². The molecule has 2 atom stereocenters. The van der Waals surface area contributed by atoms with Crippen LogP contribution in [0.1, 0.15) is 39.8 Å². The molecule has 1 amide bonds. The number of aromatic nitrogens is 2. The number of likely N-dealkylation sites (tertiary alicyclic amines) is 1. The molecule has 0 spiro atoms. The Morgan fingerprint density at radius 1 is 1.17 bits per heavy atom. The maximum atomic E-state index is 12.6. The van der Waals surface area contributed by atoms with Gasteiger partial charge >= 0.3 is 12.1 Å². The number of para-hydroxylation sites is 2. The van der Waals surface area contributed by atoms with E-state index in [-0.39, 0.29) is 6.54 Å². The van der Waals surface area contributed by atoms with Crippen LogP contribution in [0.15, 0.2) is 24.3 Å². The van der Waals surface area contributed by atoms with Gasteiger partial charge in [-0.2, -0.15) is 0 Å². The largest absolute Gasteiger partial charge is 0.471 e. The lowest BCUT2D eigenvalue weighted by Gasteiger charge is -2.27. The summed E-state index contributed by atoms with van der Waals surface area (Å²) in [7, 11) is 1.30. The minimum absolute atomic E-state index is 0.201. The van der Waals surface area contributed by atoms with E-state index < -0.39 is 29.8 Å². The fourth-order valence-electron chi connectivity index (χ4n) is 3.27. The molecule has 8 heteroatoms. The summed E-state index contributed by atoms with van der Waals surface area (Å²) in [6.45, 7) is 7.51. The van der Waals surface area contributed by atoms with Crippen molar-refractivity contribution in [2.45, 2.75) is 58.3 Å². The number of nitrogens with zero attached hydrogens (tertiary/aromatic N) is 3. The fraction of sp³-hybridized carbons (Fsp3) is 0.524. The molecule has 1 aromatic carbocycles. The number of ether oxygens (including phenoxy) is 3. The van der Waals surface area contributed by atoms with Crippen LogP contribution in [-0.4, -0.2) is 58.3 Å². The van der Waals surface area contributed by atoms with Gasteiger partial charge in [0.2, 0.25) is 5.88 Å². The molecule has 3 rings (SSSR count). The van der Waals surface area contributed by atoms with E-state index in [9.17, 15) is 9.59 Å². The van der Waals surface area contributed by atoms with Crippen LogP contribution in [0.4, 0.5) is 4.79 Å². The molecule has 0 bridgehead atoms. The molecule has 156 valence electrons. The maximum absolute atomic E-state index is 12.6. The van der Waals surface area contributed by atoms with E-state index in [1.807, 2.05) is 31.2 Å². The SMILES string of the molecule is CCc1nc2ccccc2nc1O[C@@H]1C[C@@H](C(=O)OC)N(C(=O)OC(C)(C)C)C1. The number of esters is 1. The Kier molecular flexibility index (Phi) is 5.91. The summed E-state index contributed by atoms with van der Waals surface area (Å²) in [5.74, 6) is -0.0758. The smallest absolute Gasteiger partial charge is 0.411 e. The number of carbonyl (C=O) groups is 2. The molecule has 0 N–H and O–H groups in total. The van der Waals surface area contributed by atoms with E-state index in [1.54, 1.807) is 20.8 Å². The van der Waals surface area contributed by atoms with Gasteiger partial charge in [-0.15, -0.1) is 0 Å². The second-order valence-electron chi connectivity index (χ2n) is 7.96. The Morgan fingerprint density at radius 3 is 2.41 bits per heavy atom. The van der Waals surface area contributed by atoms with Gasteiger partial charge < -0.3 is 14.2 Å². The summed E-state index contributed by atoms with van der Waals surface area (Å²) in [5, 5.41) is 0. The van der Waals surface area contributed by atoms with Crippen molar-refractivity contribution in [3.05, 3.63) is 30.0 Å². The average molecular weight is 401 g/mol. The highest BCUT2D eigenvalue weighted by atomic mass is 16.6. The fourth-order valence-corrected chi connectivity index (χ4v) is 3.27. The van der Waals surface area contributed by atoms with Crippen molar-refractivity contribution in [1.82, 2.24) is 14.9 Å². The molecule has 0 saturated carbocycles. The van der Waals surface area contributed by atoms with Crippen molar-refractivity contribution in [2.24, 2.45) is 0 Å². The van der Waals surface area contributed by atoms with Crippen LogP contribution in [-0.2, 0) is 20.7 Å². The van der Waals surface area contributed by atoms with E-state index in [4.69, 9.17) is 14.2 Å². The Bertz CT molecular complexity index is 909. The second-order valence-corrected chi connectivity index (χ2v) is 7.96. The lowest BCUT2D eigenvalue weighted by molar-refractivity contribution is -0.145. The average Bonchev–Trinajstić information content (AvgIpc) is 3.09. The summed E-state index contributed by atoms with van der Waals surface area (Å²) in [6, 6.07) is 6.80. The normalized spacial score (nSPS) is 19.3. The summed E-state index contributed by atoms with van der Waals surface area (Å²) >= 11 is 0. The molecule has 0 unspecified atom stereocenters. The first-order valence-corrected chi connectivity index (χ1v) is 9.71. The van der Waals surface area contributed by atoms with Gasteiger partial charge in [0.15, 0.2) is 0 Å². The molecular weight excluding hydrogens is 374 g/mol. The molecule has 2 heterocycles. The second kappa shape index (κ2) is 8.23. The third-order valence-electron chi connectivity index (χ3n) is 4.58. The Hall–Kier alpha value is -2.90. The Labute approximate surface area is 170 Å². The maximum Gasteiger partial charge on any atom is 0.411 e. The first kappa shape index (κ1) is 20.8. The molecule has 29 heavy (non-hydrogen) atoms. The van der Waals surface area contributed by atoms with Gasteiger partial charge in [0.05, 0.1) is 24.7 Å². The van der Waals surface area contributed by atoms with Crippen LogP contribution in [0.5, 0.6) is 5.88 Å². The summed E-state index contributed by atoms with van der Waals surface area (Å²) in [4.78, 5) is 35.4. The molecule has 1 fully saturated rings. The van der Waals surface area contributed by atoms with Crippen LogP contribution in [0, 0.1) is 0 Å². The van der Waals surface area contributed by atoms with Crippen LogP contribution < -0.4 is 4.74 Å². The van der Waals surface area contributed by atoms with Crippen molar-refractivity contribution >= 4 is 23.1 Å². The van der Waals surface area contributed by atoms with Crippen molar-refractivity contribution in [3.63, 3.8) is 0 Å². The van der Waals surface area contributed by atoms with E-state index in [2.05, 4.69) is 9.97 Å². The highest BCUT2D eigenvalue weighted by Crippen LogP contribution is 2.27. The van der Waals surface area contributed by atoms with Gasteiger partial charge in [-0.1, -0.05) is 19.1 Å². The zero-order valence-electron chi connectivity index (χ0n) is 17.5. The van der Waals surface area contributed by atoms with E-state index in [0.717, 1.165) is 16.7 Å². The summed E-state index contributed by atoms with van der Waals surface area (Å²) in [6.07, 6.45) is -0.0497. The van der Waals surface area contributed by atoms with Crippen molar-refractivity contribution in [2.75, 3.05) is 13.7 Å². The van der Waals surface area contributed by atoms with Crippen LogP contribution in [0.25, 0.3) is 11.0 Å². The van der Waals surface area contributed by atoms with E-state index in [0.29, 0.717) is 18.7 Å². The number of benzene rings is 1. The molecule has 1 saturated heterocycles. The monoisotopic (exact) mass is 401 g/mol. The van der Waals surface area contributed by atoms with Crippen molar-refractivity contribution < 1.29 is 23.8 Å². The van der Waals surface area contributed by atoms with E-state index in [1.165, 1.54) is 12.0 Å². The molecule has 1 aliphatic rings. The number of hydrogen-bond acceptors (Lipinski definition) is 7. The Balaban J connectivity index is 1.83. The third kappa shape index (κ3) is 4.75. The number of rotatable bonds is 4. The van der Waals surface area contributed by atoms with Crippen LogP contribution in [0.3, 0.4) is 0 Å². The standard InChI is InChI=1S/C21H27N3O5/c1-6-14-18(23-16-10-8-7-9-15(16)22-14)28-13-11-17(19(25)27-5)24(12-13)20(26)29-21(2,3)4/h7-10,13,17H,6,11-12H2,1-5H3/t13-,17+/m1/s1. The predicted octanol–water partition coefficient (Wildman–Crippen LogP) is 3.12. The summed E-state index contributed by atoms with van der Waals surface area (Å²) < 4.78 is 16.4. The first-order chi connectivity index (χ1) is 13.7. The predicted molar refractivity (Wildman–Crippen MR) is 107 cm³/mol. The third-order valence-corrected chi connectivity index (χ3v) is 4.58. The number of amides is 1. The Morgan fingerprint density at radius 2 is 1.83 bits per heavy atom. The van der Waals surface area contributed by atoms with Crippen LogP contribution in [0.2, 0.25) is 0 Å². The van der Waals surface area contributed by atoms with Crippen LogP contribution >= 0.6 is 0 Å². The van der Waals surface area contributed by atoms with Gasteiger partial charge in [0, 0.05) is 6.42 Å². The number of hydrogen-bond donors (Lipinski definition) is 0. The topological polar surface area (TPSA) is 90.9 Å². The quantitative estimate of drug-likeness (QED) is 0.727. The number of carbonyl (C=O) groups excluding carboxylic acids is 2. The lowest BCUT2D eigenvalue weighted by Crippen LogP contribution is -2.44. The molecule has 1 aliphatic heterocycles. The van der Waals surface area contributed by atoms with Gasteiger partial charge in [-0.3, -0.25) is 4.90 Å². The molecular formula is C21H27N3O5. The molecule has 2 aromatic rings. The zero-order chi connectivity index (χ0) is 21.2. The lowest BCUT2D eigenvalue weighted by atomic mass is 10.2. The molecule has 1 aromatic heterocycles. The van der Waals surface area contributed by atoms with Gasteiger partial charge in [-0.25, -0.2) is 19.6 Å². The highest BCUT2D eigenvalue weighted by Gasteiger charge is 2.43. The minimum Gasteiger partial charge on any atom is -0.471 e. The summed E-state index contributed by atoms with van der Waals surface area (Å²) in [5.41, 5.74) is 1.58.